The van der Waals surface area contributed by atoms with Gasteiger partial charge in [-0.05, 0) is 18.2 Å². The van der Waals surface area contributed by atoms with Gasteiger partial charge in [-0.25, -0.2) is 0 Å². The van der Waals surface area contributed by atoms with Crippen molar-refractivity contribution in [1.29, 1.82) is 0 Å². The van der Waals surface area contributed by atoms with E-state index in [0.717, 1.165) is 0 Å². The van der Waals surface area contributed by atoms with Crippen LogP contribution in [0.15, 0.2) is 39.5 Å². The van der Waals surface area contributed by atoms with Crippen molar-refractivity contribution >= 4 is 11.0 Å². The van der Waals surface area contributed by atoms with Gasteiger partial charge >= 0.3 is 0 Å². The normalized spacial score (nSPS) is 24.3. The predicted octanol–water partition coefficient (Wildman–Crippen LogP) is 0.0671. The number of phenols is 2. The number of hydrogen-bond donors (Lipinski definition) is 6. The van der Waals surface area contributed by atoms with Gasteiger partial charge in [0.1, 0.15) is 46.9 Å². The maximum Gasteiger partial charge on any atom is 0.239 e. The minimum absolute atomic E-state index is 0.00602. The summed E-state index contributed by atoms with van der Waals surface area (Å²) in [6.07, 6.45) is -7.53. The third-order valence-electron chi connectivity index (χ3n) is 5.65. The van der Waals surface area contributed by atoms with Crippen molar-refractivity contribution in [1.82, 2.24) is 0 Å². The van der Waals surface area contributed by atoms with Crippen molar-refractivity contribution in [3.63, 3.8) is 0 Å². The second-order valence-corrected chi connectivity index (χ2v) is 7.81. The zero-order chi connectivity index (χ0) is 25.4. The maximum absolute atomic E-state index is 13.2. The summed E-state index contributed by atoms with van der Waals surface area (Å²) in [6.45, 7) is -0.636. The molecule has 0 radical (unpaired) electrons. The number of ether oxygens (including phenoxy) is 4. The molecule has 1 fully saturated rings. The first-order chi connectivity index (χ1) is 16.7. The highest BCUT2D eigenvalue weighted by Crippen LogP contribution is 2.39. The van der Waals surface area contributed by atoms with Crippen molar-refractivity contribution in [2.45, 2.75) is 30.7 Å². The van der Waals surface area contributed by atoms with Crippen LogP contribution >= 0.6 is 0 Å². The summed E-state index contributed by atoms with van der Waals surface area (Å²) < 4.78 is 27.5. The van der Waals surface area contributed by atoms with Crippen LogP contribution < -0.4 is 19.6 Å². The average Bonchev–Trinajstić information content (AvgIpc) is 2.85. The molecule has 3 aromatic rings. The largest absolute Gasteiger partial charge is 0.504 e. The minimum atomic E-state index is -1.66. The third-order valence-corrected chi connectivity index (χ3v) is 5.65. The van der Waals surface area contributed by atoms with Gasteiger partial charge in [-0.1, -0.05) is 0 Å². The van der Waals surface area contributed by atoms with Crippen LogP contribution in [0.5, 0.6) is 28.7 Å². The number of fused-ring (bicyclic) bond motifs is 1. The topological polar surface area (TPSA) is 189 Å². The van der Waals surface area contributed by atoms with Crippen molar-refractivity contribution in [3.8, 4) is 40.1 Å². The zero-order valence-electron chi connectivity index (χ0n) is 18.6. The summed E-state index contributed by atoms with van der Waals surface area (Å²) in [7, 11) is 2.58. The molecule has 0 bridgehead atoms. The van der Waals surface area contributed by atoms with E-state index in [-0.39, 0.29) is 45.3 Å². The van der Waals surface area contributed by atoms with Gasteiger partial charge in [0.15, 0.2) is 17.3 Å². The number of aliphatic hydroxyl groups is 4. The lowest BCUT2D eigenvalue weighted by Gasteiger charge is -2.39. The van der Waals surface area contributed by atoms with E-state index in [4.69, 9.17) is 23.4 Å². The van der Waals surface area contributed by atoms with Crippen molar-refractivity contribution < 1.29 is 54.0 Å². The molecule has 0 saturated carbocycles. The summed E-state index contributed by atoms with van der Waals surface area (Å²) in [5, 5.41) is 59.1. The number of hydrogen-bond acceptors (Lipinski definition) is 12. The Balaban J connectivity index is 1.82. The molecule has 6 N–H and O–H groups in total. The van der Waals surface area contributed by atoms with Crippen LogP contribution in [-0.4, -0.2) is 82.2 Å². The van der Waals surface area contributed by atoms with Crippen LogP contribution in [0.3, 0.4) is 0 Å². The standard InChI is InChI=1S/C23H24O12/c1-31-13-6-10(33-23-20(30)19(29)17(27)15(8-24)35-23)7-14-16(13)18(28)22(32-2)21(34-14)9-3-4-11(25)12(26)5-9/h3-7,15,17,19-20,23-27,29-30H,8H2,1-2H3/t15?,17-,19+,20?,23-/m1/s1. The number of rotatable bonds is 6. The zero-order valence-corrected chi connectivity index (χ0v) is 18.6. The predicted molar refractivity (Wildman–Crippen MR) is 119 cm³/mol. The molecule has 188 valence electrons. The molecule has 35 heavy (non-hydrogen) atoms. The highest BCUT2D eigenvalue weighted by molar-refractivity contribution is 5.88. The van der Waals surface area contributed by atoms with Crippen molar-refractivity contribution in [2.75, 3.05) is 20.8 Å². The fraction of sp³-hybridized carbons (Fsp3) is 0.348. The number of aliphatic hydroxyl groups excluding tert-OH is 4. The van der Waals surface area contributed by atoms with E-state index in [1.165, 1.54) is 44.6 Å². The maximum atomic E-state index is 13.2. The lowest BCUT2D eigenvalue weighted by Crippen LogP contribution is -2.60. The van der Waals surface area contributed by atoms with Crippen LogP contribution in [0.4, 0.5) is 0 Å². The number of benzene rings is 2. The summed E-state index contributed by atoms with van der Waals surface area (Å²) in [4.78, 5) is 13.2. The molecule has 1 aliphatic heterocycles. The van der Waals surface area contributed by atoms with Crippen molar-refractivity contribution in [2.24, 2.45) is 0 Å². The molecule has 1 aliphatic rings. The van der Waals surface area contributed by atoms with Gasteiger partial charge in [0.05, 0.1) is 20.8 Å². The van der Waals surface area contributed by atoms with Gasteiger partial charge in [-0.3, -0.25) is 4.79 Å². The Morgan fingerprint density at radius 3 is 2.31 bits per heavy atom. The summed E-state index contributed by atoms with van der Waals surface area (Å²) in [6, 6.07) is 6.45. The van der Waals surface area contributed by atoms with Gasteiger partial charge in [0.2, 0.25) is 17.5 Å². The highest BCUT2D eigenvalue weighted by atomic mass is 16.7. The molecule has 0 aliphatic carbocycles. The van der Waals surface area contributed by atoms with Gasteiger partial charge in [0.25, 0.3) is 0 Å². The fourth-order valence-electron chi connectivity index (χ4n) is 3.81. The highest BCUT2D eigenvalue weighted by Gasteiger charge is 2.44. The molecule has 1 saturated heterocycles. The second-order valence-electron chi connectivity index (χ2n) is 7.81. The smallest absolute Gasteiger partial charge is 0.239 e. The molecular weight excluding hydrogens is 468 g/mol. The molecule has 2 heterocycles. The van der Waals surface area contributed by atoms with Crippen LogP contribution in [0, 0.1) is 0 Å². The van der Waals surface area contributed by atoms with Gasteiger partial charge in [-0.15, -0.1) is 0 Å². The van der Waals surface area contributed by atoms with Gasteiger partial charge < -0.3 is 54.0 Å². The lowest BCUT2D eigenvalue weighted by atomic mass is 9.99. The number of phenolic OH excluding ortho intramolecular Hbond substituents is 2. The second kappa shape index (κ2) is 9.60. The van der Waals surface area contributed by atoms with Gasteiger partial charge in [-0.2, -0.15) is 0 Å². The summed E-state index contributed by atoms with van der Waals surface area (Å²) in [5.74, 6) is -0.992. The first-order valence-electron chi connectivity index (χ1n) is 10.4. The molecule has 1 aromatic heterocycles. The van der Waals surface area contributed by atoms with Crippen LogP contribution in [0.25, 0.3) is 22.3 Å². The lowest BCUT2D eigenvalue weighted by molar-refractivity contribution is -0.277. The number of methoxy groups -OCH3 is 2. The fourth-order valence-corrected chi connectivity index (χ4v) is 3.81. The average molecular weight is 492 g/mol. The monoisotopic (exact) mass is 492 g/mol. The van der Waals surface area contributed by atoms with E-state index in [9.17, 15) is 35.4 Å². The first-order valence-corrected chi connectivity index (χ1v) is 10.4. The van der Waals surface area contributed by atoms with Crippen molar-refractivity contribution in [3.05, 3.63) is 40.6 Å². The Hall–Kier alpha value is -3.55. The summed E-state index contributed by atoms with van der Waals surface area (Å²) >= 11 is 0. The molecule has 0 amide bonds. The SMILES string of the molecule is COc1c(-c2ccc(O)c(O)c2)oc2cc(O[C@@H]3OC(CO)[C@@H](O)[C@H](O)C3O)cc(OC)c2c1=O. The Morgan fingerprint density at radius 2 is 1.69 bits per heavy atom. The first kappa shape index (κ1) is 24.6. The van der Waals surface area contributed by atoms with E-state index >= 15 is 0 Å². The molecule has 4 rings (SSSR count). The molecule has 2 aromatic carbocycles. The Kier molecular flexibility index (Phi) is 6.74. The van der Waals surface area contributed by atoms with Crippen LogP contribution in [-0.2, 0) is 4.74 Å². The Bertz CT molecular complexity index is 1280. The van der Waals surface area contributed by atoms with E-state index in [1.807, 2.05) is 0 Å². The van der Waals surface area contributed by atoms with E-state index in [0.29, 0.717) is 0 Å². The quantitative estimate of drug-likeness (QED) is 0.254. The Morgan fingerprint density at radius 1 is 0.943 bits per heavy atom. The molecule has 12 heteroatoms. The Labute approximate surface area is 197 Å². The minimum Gasteiger partial charge on any atom is -0.504 e. The van der Waals surface area contributed by atoms with Crippen LogP contribution in [0.2, 0.25) is 0 Å². The third kappa shape index (κ3) is 4.33. The summed E-state index contributed by atoms with van der Waals surface area (Å²) in [5.41, 5.74) is -0.375. The molecule has 5 atom stereocenters. The van der Waals surface area contributed by atoms with Crippen LogP contribution in [0.1, 0.15) is 0 Å². The molecule has 0 spiro atoms. The van der Waals surface area contributed by atoms with E-state index < -0.39 is 48.5 Å². The van der Waals surface area contributed by atoms with E-state index in [2.05, 4.69) is 0 Å². The molecule has 2 unspecified atom stereocenters. The molecule has 12 nitrogen and oxygen atoms in total. The number of aromatic hydroxyl groups is 2. The van der Waals surface area contributed by atoms with Gasteiger partial charge in [0, 0.05) is 17.7 Å². The molecular formula is C23H24O12. The van der Waals surface area contributed by atoms with E-state index in [1.54, 1.807) is 0 Å².